The van der Waals surface area contributed by atoms with Gasteiger partial charge in [0.05, 0.1) is 17.8 Å². The third kappa shape index (κ3) is 3.23. The normalized spacial score (nSPS) is 12.1. The Bertz CT molecular complexity index is 1000. The van der Waals surface area contributed by atoms with E-state index in [-0.39, 0.29) is 22.3 Å². The molecule has 3 aromatic rings. The zero-order valence-corrected chi connectivity index (χ0v) is 13.6. The first-order valence-corrected chi connectivity index (χ1v) is 7.73. The Kier molecular flexibility index (Phi) is 4.61. The lowest BCUT2D eigenvalue weighted by Gasteiger charge is -2.17. The van der Waals surface area contributed by atoms with Crippen LogP contribution in [0.15, 0.2) is 36.8 Å². The second-order valence-electron chi connectivity index (χ2n) is 5.57. The standard InChI is InChI=1S/C17H14F2N4O3/c1-2-14(11-4-3-10(18)5-13(11)19)22-16(24)12-7-21-23-8-9(17(25)26)6-20-15(12)23/h3-8,14H,2H2,1H3,(H,22,24)(H,25,26). The van der Waals surface area contributed by atoms with Gasteiger partial charge in [-0.05, 0) is 12.5 Å². The summed E-state index contributed by atoms with van der Waals surface area (Å²) in [6.45, 7) is 1.75. The summed E-state index contributed by atoms with van der Waals surface area (Å²) < 4.78 is 28.2. The molecule has 1 amide bonds. The van der Waals surface area contributed by atoms with E-state index in [1.165, 1.54) is 23.0 Å². The molecule has 0 saturated carbocycles. The number of carboxylic acids is 1. The number of carbonyl (C=O) groups is 2. The van der Waals surface area contributed by atoms with E-state index >= 15 is 0 Å². The second kappa shape index (κ2) is 6.87. The molecule has 7 nitrogen and oxygen atoms in total. The smallest absolute Gasteiger partial charge is 0.338 e. The van der Waals surface area contributed by atoms with Crippen LogP contribution in [-0.2, 0) is 0 Å². The fourth-order valence-electron chi connectivity index (χ4n) is 2.57. The van der Waals surface area contributed by atoms with E-state index in [4.69, 9.17) is 5.11 Å². The van der Waals surface area contributed by atoms with E-state index in [1.54, 1.807) is 6.92 Å². The second-order valence-corrected chi connectivity index (χ2v) is 5.57. The number of carbonyl (C=O) groups excluding carboxylic acids is 1. The average molecular weight is 360 g/mol. The van der Waals surface area contributed by atoms with Crippen LogP contribution < -0.4 is 5.32 Å². The first-order valence-electron chi connectivity index (χ1n) is 7.73. The SMILES string of the molecule is CCC(NC(=O)c1cnn2cc(C(=O)O)cnc12)c1ccc(F)cc1F. The van der Waals surface area contributed by atoms with Crippen LogP contribution in [-0.4, -0.2) is 31.6 Å². The largest absolute Gasteiger partial charge is 0.478 e. The Labute approximate surface area is 146 Å². The predicted molar refractivity (Wildman–Crippen MR) is 86.8 cm³/mol. The van der Waals surface area contributed by atoms with Gasteiger partial charge in [-0.2, -0.15) is 5.10 Å². The minimum absolute atomic E-state index is 0.0765. The summed E-state index contributed by atoms with van der Waals surface area (Å²) in [5.74, 6) is -3.17. The summed E-state index contributed by atoms with van der Waals surface area (Å²) in [6, 6.07) is 2.50. The Morgan fingerprint density at radius 2 is 2.08 bits per heavy atom. The van der Waals surface area contributed by atoms with E-state index in [9.17, 15) is 18.4 Å². The lowest BCUT2D eigenvalue weighted by Crippen LogP contribution is -2.28. The fraction of sp³-hybridized carbons (Fsp3) is 0.176. The summed E-state index contributed by atoms with van der Waals surface area (Å²) >= 11 is 0. The quantitative estimate of drug-likeness (QED) is 0.729. The maximum atomic E-state index is 14.0. The minimum Gasteiger partial charge on any atom is -0.478 e. The lowest BCUT2D eigenvalue weighted by atomic mass is 10.0. The van der Waals surface area contributed by atoms with Crippen molar-refractivity contribution in [3.63, 3.8) is 0 Å². The molecule has 0 aliphatic carbocycles. The van der Waals surface area contributed by atoms with Crippen molar-refractivity contribution < 1.29 is 23.5 Å². The molecule has 0 aliphatic rings. The Morgan fingerprint density at radius 3 is 2.73 bits per heavy atom. The van der Waals surface area contributed by atoms with Crippen LogP contribution in [0.25, 0.3) is 5.65 Å². The molecule has 9 heteroatoms. The molecule has 1 aromatic carbocycles. The van der Waals surface area contributed by atoms with Crippen LogP contribution in [0.1, 0.15) is 45.7 Å². The number of aromatic carboxylic acids is 1. The summed E-state index contributed by atoms with van der Waals surface area (Å²) in [4.78, 5) is 27.5. The monoisotopic (exact) mass is 360 g/mol. The van der Waals surface area contributed by atoms with Gasteiger partial charge in [0, 0.05) is 24.0 Å². The highest BCUT2D eigenvalue weighted by molar-refractivity contribution is 6.00. The highest BCUT2D eigenvalue weighted by Crippen LogP contribution is 2.22. The van der Waals surface area contributed by atoms with Gasteiger partial charge in [-0.1, -0.05) is 13.0 Å². The van der Waals surface area contributed by atoms with Gasteiger partial charge in [0.15, 0.2) is 5.65 Å². The molecule has 2 N–H and O–H groups in total. The van der Waals surface area contributed by atoms with Crippen molar-refractivity contribution in [2.24, 2.45) is 0 Å². The summed E-state index contributed by atoms with van der Waals surface area (Å²) in [5, 5.41) is 15.5. The van der Waals surface area contributed by atoms with Gasteiger partial charge < -0.3 is 10.4 Å². The van der Waals surface area contributed by atoms with Crippen LogP contribution in [0.4, 0.5) is 8.78 Å². The van der Waals surface area contributed by atoms with Gasteiger partial charge in [-0.15, -0.1) is 0 Å². The highest BCUT2D eigenvalue weighted by Gasteiger charge is 2.21. The minimum atomic E-state index is -1.17. The number of carboxylic acid groups (broad SMARTS) is 1. The van der Waals surface area contributed by atoms with E-state index in [2.05, 4.69) is 15.4 Å². The molecular formula is C17H14F2N4O3. The van der Waals surface area contributed by atoms with Gasteiger partial charge in [0.25, 0.3) is 5.91 Å². The van der Waals surface area contributed by atoms with Gasteiger partial charge >= 0.3 is 5.97 Å². The molecule has 0 bridgehead atoms. The average Bonchev–Trinajstić information content (AvgIpc) is 3.03. The molecule has 1 unspecified atom stereocenters. The number of fused-ring (bicyclic) bond motifs is 1. The number of hydrogen-bond acceptors (Lipinski definition) is 4. The Morgan fingerprint density at radius 1 is 1.31 bits per heavy atom. The van der Waals surface area contributed by atoms with Gasteiger partial charge in [0.2, 0.25) is 0 Å². The van der Waals surface area contributed by atoms with Gasteiger partial charge in [-0.25, -0.2) is 23.1 Å². The zero-order valence-electron chi connectivity index (χ0n) is 13.6. The number of rotatable bonds is 5. The number of halogens is 2. The molecule has 3 rings (SSSR count). The number of nitrogens with zero attached hydrogens (tertiary/aromatic N) is 3. The van der Waals surface area contributed by atoms with Gasteiger partial charge in [0.1, 0.15) is 17.2 Å². The zero-order chi connectivity index (χ0) is 18.8. The van der Waals surface area contributed by atoms with Crippen molar-refractivity contribution in [1.82, 2.24) is 19.9 Å². The van der Waals surface area contributed by atoms with Crippen molar-refractivity contribution in [1.29, 1.82) is 0 Å². The molecule has 1 atom stereocenters. The third-order valence-electron chi connectivity index (χ3n) is 3.90. The molecule has 0 aliphatic heterocycles. The van der Waals surface area contributed by atoms with Crippen molar-refractivity contribution in [3.05, 3.63) is 65.1 Å². The lowest BCUT2D eigenvalue weighted by molar-refractivity contribution is 0.0695. The topological polar surface area (TPSA) is 96.6 Å². The first kappa shape index (κ1) is 17.5. The third-order valence-corrected chi connectivity index (χ3v) is 3.90. The van der Waals surface area contributed by atoms with E-state index in [0.29, 0.717) is 6.42 Å². The molecule has 134 valence electrons. The summed E-state index contributed by atoms with van der Waals surface area (Å²) in [5.41, 5.74) is 0.372. The molecule has 0 saturated heterocycles. The first-order chi connectivity index (χ1) is 12.4. The fourth-order valence-corrected chi connectivity index (χ4v) is 2.57. The molecule has 2 heterocycles. The van der Waals surface area contributed by atoms with Gasteiger partial charge in [-0.3, -0.25) is 4.79 Å². The predicted octanol–water partition coefficient (Wildman–Crippen LogP) is 2.59. The molecule has 2 aromatic heterocycles. The van der Waals surface area contributed by atoms with Crippen molar-refractivity contribution in [3.8, 4) is 0 Å². The Balaban J connectivity index is 1.89. The van der Waals surface area contributed by atoms with Crippen LogP contribution in [0.5, 0.6) is 0 Å². The Hall–Kier alpha value is -3.36. The van der Waals surface area contributed by atoms with E-state index < -0.39 is 29.6 Å². The maximum Gasteiger partial charge on any atom is 0.338 e. The number of nitrogens with one attached hydrogen (secondary N) is 1. The number of benzene rings is 1. The van der Waals surface area contributed by atoms with Crippen LogP contribution in [0.2, 0.25) is 0 Å². The molecule has 26 heavy (non-hydrogen) atoms. The van der Waals surface area contributed by atoms with Crippen LogP contribution in [0, 0.1) is 11.6 Å². The maximum absolute atomic E-state index is 14.0. The van der Waals surface area contributed by atoms with Crippen molar-refractivity contribution >= 4 is 17.5 Å². The van der Waals surface area contributed by atoms with E-state index in [0.717, 1.165) is 18.3 Å². The summed E-state index contributed by atoms with van der Waals surface area (Å²) in [6.07, 6.45) is 3.98. The van der Waals surface area contributed by atoms with E-state index in [1.807, 2.05) is 0 Å². The van der Waals surface area contributed by atoms with Crippen LogP contribution in [0.3, 0.4) is 0 Å². The molecule has 0 radical (unpaired) electrons. The molecule has 0 spiro atoms. The summed E-state index contributed by atoms with van der Waals surface area (Å²) in [7, 11) is 0. The number of aromatic nitrogens is 3. The molecule has 0 fully saturated rings. The number of hydrogen-bond donors (Lipinski definition) is 2. The highest BCUT2D eigenvalue weighted by atomic mass is 19.1. The number of amides is 1. The van der Waals surface area contributed by atoms with Crippen LogP contribution >= 0.6 is 0 Å². The van der Waals surface area contributed by atoms with Crippen molar-refractivity contribution in [2.75, 3.05) is 0 Å². The van der Waals surface area contributed by atoms with Crippen molar-refractivity contribution in [2.45, 2.75) is 19.4 Å². The molecular weight excluding hydrogens is 346 g/mol.